The molecule has 242 valence electrons. The average Bonchev–Trinajstić information content (AvgIpc) is 3.34. The van der Waals surface area contributed by atoms with Gasteiger partial charge in [0.05, 0.1) is 16.2 Å². The molecule has 3 aromatic rings. The van der Waals surface area contributed by atoms with E-state index in [2.05, 4.69) is 43.0 Å². The van der Waals surface area contributed by atoms with E-state index in [4.69, 9.17) is 16.3 Å². The van der Waals surface area contributed by atoms with E-state index in [9.17, 15) is 18.0 Å². The third kappa shape index (κ3) is 6.68. The monoisotopic (exact) mass is 640 g/mol. The van der Waals surface area contributed by atoms with E-state index in [1.807, 2.05) is 48.2 Å². The predicted octanol–water partition coefficient (Wildman–Crippen LogP) is 8.71. The van der Waals surface area contributed by atoms with Crippen LogP contribution in [0.5, 0.6) is 0 Å². The number of hydrogen-bond acceptors (Lipinski definition) is 3. The zero-order valence-electron chi connectivity index (χ0n) is 26.5. The molecule has 3 aromatic carbocycles. The summed E-state index contributed by atoms with van der Waals surface area (Å²) in [5.74, 6) is 0.265. The number of amides is 1. The first-order valence-electron chi connectivity index (χ1n) is 16.2. The molecule has 1 atom stereocenters. The van der Waals surface area contributed by atoms with Gasteiger partial charge < -0.3 is 14.5 Å². The largest absolute Gasteiger partial charge is 0.417 e. The molecule has 1 unspecified atom stereocenters. The molecule has 2 saturated heterocycles. The first kappa shape index (κ1) is 33.5. The van der Waals surface area contributed by atoms with E-state index < -0.39 is 22.8 Å². The fraction of sp³-hybridized carbons (Fsp3) is 0.486. The average molecular weight is 641 g/mol. The highest BCUT2D eigenvalue weighted by molar-refractivity contribution is 6.31. The van der Waals surface area contributed by atoms with E-state index in [-0.39, 0.29) is 22.9 Å². The lowest BCUT2D eigenvalue weighted by Gasteiger charge is -2.42. The number of rotatable bonds is 11. The van der Waals surface area contributed by atoms with Crippen molar-refractivity contribution in [3.8, 4) is 0 Å². The molecule has 2 fully saturated rings. The number of hydrogen-bond donors (Lipinski definition) is 0. The summed E-state index contributed by atoms with van der Waals surface area (Å²) >= 11 is 5.94. The van der Waals surface area contributed by atoms with E-state index >= 15 is 0 Å². The molecule has 0 aliphatic carbocycles. The summed E-state index contributed by atoms with van der Waals surface area (Å²) < 4.78 is 47.5. The molecule has 2 aliphatic heterocycles. The van der Waals surface area contributed by atoms with E-state index in [1.54, 1.807) is 6.07 Å². The van der Waals surface area contributed by atoms with Crippen LogP contribution in [0.15, 0.2) is 78.9 Å². The number of piperidine rings is 1. The highest BCUT2D eigenvalue weighted by Crippen LogP contribution is 2.48. The molecule has 0 radical (unpaired) electrons. The Bertz CT molecular complexity index is 1380. The van der Waals surface area contributed by atoms with Crippen LogP contribution in [0.25, 0.3) is 0 Å². The summed E-state index contributed by atoms with van der Waals surface area (Å²) in [7, 11) is 0. The summed E-state index contributed by atoms with van der Waals surface area (Å²) in [6, 6.07) is 24.7. The van der Waals surface area contributed by atoms with Gasteiger partial charge in [0.1, 0.15) is 5.41 Å². The third-order valence-electron chi connectivity index (χ3n) is 9.78. The van der Waals surface area contributed by atoms with Gasteiger partial charge in [-0.1, -0.05) is 85.3 Å². The minimum absolute atomic E-state index is 0.0957. The molecule has 2 aliphatic rings. The van der Waals surface area contributed by atoms with Crippen LogP contribution in [-0.2, 0) is 26.7 Å². The Kier molecular flexibility index (Phi) is 10.3. The maximum absolute atomic E-state index is 14.4. The van der Waals surface area contributed by atoms with Gasteiger partial charge in [0.2, 0.25) is 5.91 Å². The van der Waals surface area contributed by atoms with Crippen molar-refractivity contribution in [3.05, 3.63) is 106 Å². The standard InChI is InChI=1S/C37H44ClF3N2O2/c1-4-24-45-35(30-17-18-33(38)32(25-30)37(39,40)41)19-22-42(23-20-35)21-11-16-31-26-43(27(2)3)34(44)36(31,28-12-7-5-8-13-28)29-14-9-6-10-15-29/h5-10,12-15,17-18,25,27,31H,4,11,16,19-24,26H2,1-3H3. The van der Waals surface area contributed by atoms with Gasteiger partial charge in [-0.3, -0.25) is 4.79 Å². The highest BCUT2D eigenvalue weighted by atomic mass is 35.5. The van der Waals surface area contributed by atoms with Crippen LogP contribution < -0.4 is 0 Å². The maximum Gasteiger partial charge on any atom is 0.417 e. The van der Waals surface area contributed by atoms with Crippen molar-refractivity contribution >= 4 is 17.5 Å². The zero-order chi connectivity index (χ0) is 32.2. The van der Waals surface area contributed by atoms with Gasteiger partial charge in [-0.15, -0.1) is 0 Å². The van der Waals surface area contributed by atoms with Crippen molar-refractivity contribution in [1.82, 2.24) is 9.80 Å². The Hall–Kier alpha value is -2.87. The van der Waals surface area contributed by atoms with Crippen LogP contribution in [-0.4, -0.2) is 54.5 Å². The van der Waals surface area contributed by atoms with Gasteiger partial charge in [0.15, 0.2) is 0 Å². The normalized spacial score (nSPS) is 20.2. The Morgan fingerprint density at radius 2 is 1.53 bits per heavy atom. The van der Waals surface area contributed by atoms with Crippen molar-refractivity contribution in [2.75, 3.05) is 32.8 Å². The van der Waals surface area contributed by atoms with Gasteiger partial charge in [-0.05, 0) is 87.2 Å². The first-order chi connectivity index (χ1) is 21.5. The minimum atomic E-state index is -4.53. The zero-order valence-corrected chi connectivity index (χ0v) is 27.2. The summed E-state index contributed by atoms with van der Waals surface area (Å²) in [6.45, 7) is 9.64. The second kappa shape index (κ2) is 13.9. The number of carbonyl (C=O) groups is 1. The second-order valence-corrected chi connectivity index (χ2v) is 13.2. The molecule has 0 bridgehead atoms. The van der Waals surface area contributed by atoms with Gasteiger partial charge in [-0.25, -0.2) is 0 Å². The van der Waals surface area contributed by atoms with Gasteiger partial charge in [-0.2, -0.15) is 13.2 Å². The van der Waals surface area contributed by atoms with E-state index in [0.29, 0.717) is 31.6 Å². The molecular weight excluding hydrogens is 597 g/mol. The van der Waals surface area contributed by atoms with Crippen LogP contribution in [0.4, 0.5) is 13.2 Å². The van der Waals surface area contributed by atoms with Crippen LogP contribution in [0.2, 0.25) is 5.02 Å². The molecule has 1 amide bonds. The first-order valence-corrected chi connectivity index (χ1v) is 16.6. The fourth-order valence-corrected chi connectivity index (χ4v) is 7.66. The lowest BCUT2D eigenvalue weighted by atomic mass is 9.66. The van der Waals surface area contributed by atoms with Crippen molar-refractivity contribution in [2.45, 2.75) is 76.1 Å². The number of halogens is 4. The summed E-state index contributed by atoms with van der Waals surface area (Å²) in [5.41, 5.74) is 0.273. The van der Waals surface area contributed by atoms with Gasteiger partial charge >= 0.3 is 6.18 Å². The number of ether oxygens (including phenoxy) is 1. The van der Waals surface area contributed by atoms with Crippen molar-refractivity contribution in [3.63, 3.8) is 0 Å². The lowest BCUT2D eigenvalue weighted by Crippen LogP contribution is -2.45. The molecule has 4 nitrogen and oxygen atoms in total. The summed E-state index contributed by atoms with van der Waals surface area (Å²) in [5, 5.41) is -0.294. The van der Waals surface area contributed by atoms with Crippen molar-refractivity contribution in [2.24, 2.45) is 5.92 Å². The molecule has 45 heavy (non-hydrogen) atoms. The molecule has 2 heterocycles. The van der Waals surface area contributed by atoms with Gasteiger partial charge in [0.25, 0.3) is 0 Å². The number of likely N-dealkylation sites (tertiary alicyclic amines) is 2. The van der Waals surface area contributed by atoms with E-state index in [1.165, 1.54) is 12.1 Å². The number of carbonyl (C=O) groups excluding carboxylic acids is 1. The van der Waals surface area contributed by atoms with Crippen LogP contribution in [0.3, 0.4) is 0 Å². The highest BCUT2D eigenvalue weighted by Gasteiger charge is 2.56. The number of benzene rings is 3. The van der Waals surface area contributed by atoms with Crippen molar-refractivity contribution in [1.29, 1.82) is 0 Å². The van der Waals surface area contributed by atoms with Crippen LogP contribution in [0.1, 0.15) is 75.1 Å². The number of nitrogens with zero attached hydrogens (tertiary/aromatic N) is 2. The smallest absolute Gasteiger partial charge is 0.370 e. The molecule has 8 heteroatoms. The molecule has 0 N–H and O–H groups in total. The van der Waals surface area contributed by atoms with Gasteiger partial charge in [0, 0.05) is 32.3 Å². The van der Waals surface area contributed by atoms with Crippen LogP contribution in [0, 0.1) is 5.92 Å². The Labute approximate surface area is 270 Å². The predicted molar refractivity (Wildman–Crippen MR) is 173 cm³/mol. The topological polar surface area (TPSA) is 32.8 Å². The summed E-state index contributed by atoms with van der Waals surface area (Å²) in [4.78, 5) is 18.8. The van der Waals surface area contributed by atoms with Crippen molar-refractivity contribution < 1.29 is 22.7 Å². The second-order valence-electron chi connectivity index (χ2n) is 12.8. The maximum atomic E-state index is 14.4. The van der Waals surface area contributed by atoms with Crippen LogP contribution >= 0.6 is 11.6 Å². The molecule has 0 saturated carbocycles. The Morgan fingerprint density at radius 1 is 0.933 bits per heavy atom. The molecule has 5 rings (SSSR count). The third-order valence-corrected chi connectivity index (χ3v) is 10.1. The quantitative estimate of drug-likeness (QED) is 0.210. The Balaban J connectivity index is 1.33. The van der Waals surface area contributed by atoms with E-state index in [0.717, 1.165) is 50.0 Å². The lowest BCUT2D eigenvalue weighted by molar-refractivity contribution is -0.138. The fourth-order valence-electron chi connectivity index (χ4n) is 7.44. The molecular formula is C37H44ClF3N2O2. The summed E-state index contributed by atoms with van der Waals surface area (Å²) in [6.07, 6.45) is -0.753. The molecule has 0 spiro atoms. The number of alkyl halides is 3. The SMILES string of the molecule is CCCOC1(c2ccc(Cl)c(C(F)(F)F)c2)CCN(CCCC2CN(C(C)C)C(=O)C2(c2ccccc2)c2ccccc2)CC1. The molecule has 0 aromatic heterocycles. The Morgan fingerprint density at radius 3 is 2.07 bits per heavy atom. The minimum Gasteiger partial charge on any atom is -0.370 e.